The van der Waals surface area contributed by atoms with Crippen LogP contribution in [0.5, 0.6) is 0 Å². The summed E-state index contributed by atoms with van der Waals surface area (Å²) in [5.41, 5.74) is 0.691. The Morgan fingerprint density at radius 2 is 2.53 bits per heavy atom. The van der Waals surface area contributed by atoms with E-state index in [1.165, 1.54) is 17.8 Å². The first-order valence-corrected chi connectivity index (χ1v) is 7.26. The third-order valence-corrected chi connectivity index (χ3v) is 4.26. The molecule has 2 rings (SSSR count). The smallest absolute Gasteiger partial charge is 0.262 e. The Hall–Kier alpha value is -1.35. The standard InChI is InChI=1S/C14H18N2O2S/c1-16-7-2-5-12(16)10-15-14(18)13-11(4-3-8-17)6-9-19-13/h6,9,12,17H,2,5,7-8,10H2,1H3,(H,15,18). The molecule has 1 unspecified atom stereocenters. The van der Waals surface area contributed by atoms with Gasteiger partial charge in [0.25, 0.3) is 5.91 Å². The van der Waals surface area contributed by atoms with Gasteiger partial charge in [-0.05, 0) is 37.9 Å². The van der Waals surface area contributed by atoms with Crippen LogP contribution >= 0.6 is 11.3 Å². The van der Waals surface area contributed by atoms with Crippen LogP contribution < -0.4 is 5.32 Å². The summed E-state index contributed by atoms with van der Waals surface area (Å²) in [7, 11) is 2.09. The van der Waals surface area contributed by atoms with Gasteiger partial charge in [-0.1, -0.05) is 11.8 Å². The molecule has 1 aromatic heterocycles. The zero-order chi connectivity index (χ0) is 13.7. The number of likely N-dealkylation sites (tertiary alicyclic amines) is 1. The van der Waals surface area contributed by atoms with Gasteiger partial charge in [0.1, 0.15) is 11.5 Å². The number of hydrogen-bond acceptors (Lipinski definition) is 4. The normalized spacial score (nSPS) is 18.9. The van der Waals surface area contributed by atoms with Gasteiger partial charge in [-0.3, -0.25) is 4.79 Å². The third-order valence-electron chi connectivity index (χ3n) is 3.34. The summed E-state index contributed by atoms with van der Waals surface area (Å²) in [6.07, 6.45) is 2.33. The second-order valence-corrected chi connectivity index (χ2v) is 5.53. The molecule has 4 nitrogen and oxygen atoms in total. The number of aliphatic hydroxyl groups excluding tert-OH is 1. The summed E-state index contributed by atoms with van der Waals surface area (Å²) in [5.74, 6) is 5.30. The van der Waals surface area contributed by atoms with Crippen molar-refractivity contribution in [3.8, 4) is 11.8 Å². The highest BCUT2D eigenvalue weighted by Gasteiger charge is 2.22. The summed E-state index contributed by atoms with van der Waals surface area (Å²) < 4.78 is 0. The molecular weight excluding hydrogens is 260 g/mol. The molecule has 1 atom stereocenters. The number of nitrogens with zero attached hydrogens (tertiary/aromatic N) is 1. The van der Waals surface area contributed by atoms with E-state index in [0.717, 1.165) is 13.0 Å². The van der Waals surface area contributed by atoms with Crippen LogP contribution in [-0.2, 0) is 0 Å². The van der Waals surface area contributed by atoms with Gasteiger partial charge >= 0.3 is 0 Å². The van der Waals surface area contributed by atoms with Crippen LogP contribution in [0.3, 0.4) is 0 Å². The summed E-state index contributed by atoms with van der Waals surface area (Å²) in [6.45, 7) is 1.59. The minimum atomic E-state index is -0.191. The van der Waals surface area contributed by atoms with Gasteiger partial charge in [0.2, 0.25) is 0 Å². The number of carbonyl (C=O) groups is 1. The highest BCUT2D eigenvalue weighted by atomic mass is 32.1. The second kappa shape index (κ2) is 6.71. The number of thiophene rings is 1. The average Bonchev–Trinajstić information content (AvgIpc) is 3.02. The van der Waals surface area contributed by atoms with Gasteiger partial charge in [0.05, 0.1) is 0 Å². The first-order valence-electron chi connectivity index (χ1n) is 6.38. The molecule has 1 aliphatic rings. The molecule has 2 heterocycles. The molecule has 0 saturated carbocycles. The van der Waals surface area contributed by atoms with E-state index in [1.54, 1.807) is 0 Å². The van der Waals surface area contributed by atoms with Crippen LogP contribution in [0.1, 0.15) is 28.1 Å². The predicted molar refractivity (Wildman–Crippen MR) is 76.3 cm³/mol. The first kappa shape index (κ1) is 14.1. The number of hydrogen-bond donors (Lipinski definition) is 2. The Morgan fingerprint density at radius 3 is 3.21 bits per heavy atom. The van der Waals surface area contributed by atoms with Gasteiger partial charge in [0, 0.05) is 18.2 Å². The fraction of sp³-hybridized carbons (Fsp3) is 0.500. The Labute approximate surface area is 117 Å². The molecule has 1 aliphatic heterocycles. The van der Waals surface area contributed by atoms with E-state index in [1.807, 2.05) is 11.4 Å². The van der Waals surface area contributed by atoms with Crippen molar-refractivity contribution in [3.05, 3.63) is 21.9 Å². The lowest BCUT2D eigenvalue weighted by molar-refractivity contribution is 0.0947. The summed E-state index contributed by atoms with van der Waals surface area (Å²) in [5, 5.41) is 13.5. The quantitative estimate of drug-likeness (QED) is 0.808. The summed E-state index contributed by atoms with van der Waals surface area (Å²) in [4.78, 5) is 15.0. The monoisotopic (exact) mass is 278 g/mol. The van der Waals surface area contributed by atoms with E-state index in [2.05, 4.69) is 29.1 Å². The van der Waals surface area contributed by atoms with Crippen molar-refractivity contribution in [2.75, 3.05) is 26.7 Å². The molecule has 0 aliphatic carbocycles. The molecule has 5 heteroatoms. The average molecular weight is 278 g/mol. The van der Waals surface area contributed by atoms with Gasteiger partial charge in [-0.25, -0.2) is 0 Å². The number of carbonyl (C=O) groups excluding carboxylic acids is 1. The molecular formula is C14H18N2O2S. The lowest BCUT2D eigenvalue weighted by Gasteiger charge is -2.19. The van der Waals surface area contributed by atoms with Crippen molar-refractivity contribution in [2.24, 2.45) is 0 Å². The minimum absolute atomic E-state index is 0.0717. The van der Waals surface area contributed by atoms with Crippen molar-refractivity contribution in [1.82, 2.24) is 10.2 Å². The van der Waals surface area contributed by atoms with Crippen LogP contribution in [0, 0.1) is 11.8 Å². The topological polar surface area (TPSA) is 52.6 Å². The maximum atomic E-state index is 12.1. The van der Waals surface area contributed by atoms with Crippen molar-refractivity contribution >= 4 is 17.2 Å². The molecule has 1 saturated heterocycles. The molecule has 102 valence electrons. The third kappa shape index (κ3) is 3.57. The van der Waals surface area contributed by atoms with Crippen molar-refractivity contribution in [3.63, 3.8) is 0 Å². The Bertz CT molecular complexity index is 501. The molecule has 1 aromatic rings. The number of amides is 1. The molecule has 1 fully saturated rings. The molecule has 0 radical (unpaired) electrons. The molecule has 1 amide bonds. The predicted octanol–water partition coefficient (Wildman–Crippen LogP) is 0.916. The number of nitrogens with one attached hydrogen (secondary N) is 1. The molecule has 19 heavy (non-hydrogen) atoms. The Morgan fingerprint density at radius 1 is 1.68 bits per heavy atom. The zero-order valence-corrected chi connectivity index (χ0v) is 11.8. The lowest BCUT2D eigenvalue weighted by atomic mass is 10.2. The zero-order valence-electron chi connectivity index (χ0n) is 11.0. The minimum Gasteiger partial charge on any atom is -0.384 e. The van der Waals surface area contributed by atoms with Crippen LogP contribution in [0.15, 0.2) is 11.4 Å². The van der Waals surface area contributed by atoms with Gasteiger partial charge in [-0.15, -0.1) is 11.3 Å². The fourth-order valence-electron chi connectivity index (χ4n) is 2.25. The van der Waals surface area contributed by atoms with E-state index in [9.17, 15) is 4.79 Å². The van der Waals surface area contributed by atoms with E-state index in [0.29, 0.717) is 23.0 Å². The van der Waals surface area contributed by atoms with E-state index < -0.39 is 0 Å². The largest absolute Gasteiger partial charge is 0.384 e. The maximum absolute atomic E-state index is 12.1. The molecule has 0 aromatic carbocycles. The number of likely N-dealkylation sites (N-methyl/N-ethyl adjacent to an activating group) is 1. The highest BCUT2D eigenvalue weighted by molar-refractivity contribution is 7.12. The van der Waals surface area contributed by atoms with E-state index >= 15 is 0 Å². The van der Waals surface area contributed by atoms with Crippen molar-refractivity contribution in [2.45, 2.75) is 18.9 Å². The first-order chi connectivity index (χ1) is 9.22. The van der Waals surface area contributed by atoms with Crippen LogP contribution in [-0.4, -0.2) is 48.7 Å². The van der Waals surface area contributed by atoms with E-state index in [4.69, 9.17) is 5.11 Å². The van der Waals surface area contributed by atoms with Crippen LogP contribution in [0.4, 0.5) is 0 Å². The number of aliphatic hydroxyl groups is 1. The molecule has 0 spiro atoms. The molecule has 2 N–H and O–H groups in total. The van der Waals surface area contributed by atoms with Crippen LogP contribution in [0.2, 0.25) is 0 Å². The van der Waals surface area contributed by atoms with Gasteiger partial charge in [-0.2, -0.15) is 0 Å². The van der Waals surface area contributed by atoms with Crippen molar-refractivity contribution in [1.29, 1.82) is 0 Å². The summed E-state index contributed by atoms with van der Waals surface area (Å²) >= 11 is 1.38. The Balaban J connectivity index is 1.94. The maximum Gasteiger partial charge on any atom is 0.262 e. The second-order valence-electron chi connectivity index (χ2n) is 4.61. The van der Waals surface area contributed by atoms with E-state index in [-0.39, 0.29) is 12.5 Å². The van der Waals surface area contributed by atoms with Gasteiger partial charge < -0.3 is 15.3 Å². The molecule has 0 bridgehead atoms. The van der Waals surface area contributed by atoms with Crippen molar-refractivity contribution < 1.29 is 9.90 Å². The summed E-state index contributed by atoms with van der Waals surface area (Å²) in [6, 6.07) is 2.25. The highest BCUT2D eigenvalue weighted by Crippen LogP contribution is 2.17. The lowest BCUT2D eigenvalue weighted by Crippen LogP contribution is -2.38. The fourth-order valence-corrected chi connectivity index (χ4v) is 3.01. The SMILES string of the molecule is CN1CCCC1CNC(=O)c1sccc1C#CCO. The Kier molecular flexibility index (Phi) is 4.97. The number of rotatable bonds is 3. The van der Waals surface area contributed by atoms with Crippen LogP contribution in [0.25, 0.3) is 0 Å². The van der Waals surface area contributed by atoms with Gasteiger partial charge in [0.15, 0.2) is 0 Å².